The lowest BCUT2D eigenvalue weighted by Crippen LogP contribution is -2.26. The van der Waals surface area contributed by atoms with E-state index in [1.165, 1.54) is 0 Å². The van der Waals surface area contributed by atoms with Gasteiger partial charge in [0.25, 0.3) is 0 Å². The summed E-state index contributed by atoms with van der Waals surface area (Å²) in [6.45, 7) is 10.4. The Hall–Kier alpha value is -0.630. The number of hydrogen-bond acceptors (Lipinski definition) is 1. The molecule has 0 amide bonds. The molecule has 0 spiro atoms. The SMILES string of the molecule is C=CCN(C)P(=O)(/C=C/C)N(C)CC=C. The highest BCUT2D eigenvalue weighted by Crippen LogP contribution is 2.52. The molecule has 0 heterocycles. The minimum atomic E-state index is -2.59. The van der Waals surface area contributed by atoms with Crippen molar-refractivity contribution in [3.63, 3.8) is 0 Å². The molecule has 0 rings (SSSR count). The maximum absolute atomic E-state index is 12.7. The zero-order chi connectivity index (χ0) is 11.9. The highest BCUT2D eigenvalue weighted by atomic mass is 31.2. The molecule has 0 radical (unpaired) electrons. The molecule has 3 nitrogen and oxygen atoms in total. The van der Waals surface area contributed by atoms with Gasteiger partial charge in [-0.3, -0.25) is 4.57 Å². The van der Waals surface area contributed by atoms with Crippen molar-refractivity contribution in [2.75, 3.05) is 27.2 Å². The first kappa shape index (κ1) is 14.4. The molecule has 0 unspecified atom stereocenters. The lowest BCUT2D eigenvalue weighted by atomic mass is 10.6. The van der Waals surface area contributed by atoms with E-state index in [1.807, 2.05) is 36.4 Å². The maximum atomic E-state index is 12.7. The number of rotatable bonds is 7. The average molecular weight is 228 g/mol. The van der Waals surface area contributed by atoms with Crippen molar-refractivity contribution >= 4 is 7.44 Å². The zero-order valence-corrected chi connectivity index (χ0v) is 10.8. The summed E-state index contributed by atoms with van der Waals surface area (Å²) >= 11 is 0. The van der Waals surface area contributed by atoms with Crippen LogP contribution in [0.3, 0.4) is 0 Å². The van der Waals surface area contributed by atoms with Gasteiger partial charge in [-0.2, -0.15) is 0 Å². The molecule has 0 atom stereocenters. The van der Waals surface area contributed by atoms with Crippen molar-refractivity contribution in [3.8, 4) is 0 Å². The van der Waals surface area contributed by atoms with E-state index in [4.69, 9.17) is 0 Å². The molecule has 0 saturated heterocycles. The van der Waals surface area contributed by atoms with Gasteiger partial charge in [-0.25, -0.2) is 9.34 Å². The van der Waals surface area contributed by atoms with Crippen LogP contribution in [0.15, 0.2) is 37.2 Å². The smallest absolute Gasteiger partial charge is 0.238 e. The first-order chi connectivity index (χ1) is 7.02. The van der Waals surface area contributed by atoms with E-state index >= 15 is 0 Å². The molecular weight excluding hydrogens is 207 g/mol. The molecule has 0 bridgehead atoms. The summed E-state index contributed by atoms with van der Waals surface area (Å²) in [6, 6.07) is 0. The van der Waals surface area contributed by atoms with Crippen LogP contribution < -0.4 is 0 Å². The largest absolute Gasteiger partial charge is 0.284 e. The van der Waals surface area contributed by atoms with E-state index in [1.54, 1.807) is 18.0 Å². The van der Waals surface area contributed by atoms with Gasteiger partial charge in [-0.05, 0) is 26.8 Å². The van der Waals surface area contributed by atoms with Gasteiger partial charge in [0, 0.05) is 13.1 Å². The third-order valence-electron chi connectivity index (χ3n) is 2.11. The van der Waals surface area contributed by atoms with Crippen LogP contribution in [0.1, 0.15) is 6.92 Å². The maximum Gasteiger partial charge on any atom is 0.238 e. The summed E-state index contributed by atoms with van der Waals surface area (Å²) in [5, 5.41) is 0. The van der Waals surface area contributed by atoms with Crippen molar-refractivity contribution in [1.82, 2.24) is 9.34 Å². The summed E-state index contributed by atoms with van der Waals surface area (Å²) < 4.78 is 16.3. The second-order valence-electron chi connectivity index (χ2n) is 3.33. The normalized spacial score (nSPS) is 12.6. The lowest BCUT2D eigenvalue weighted by Gasteiger charge is -2.31. The summed E-state index contributed by atoms with van der Waals surface area (Å²) in [7, 11) is 1.08. The molecule has 0 aliphatic heterocycles. The van der Waals surface area contributed by atoms with Crippen LogP contribution in [0.2, 0.25) is 0 Å². The van der Waals surface area contributed by atoms with Crippen LogP contribution in [0, 0.1) is 0 Å². The van der Waals surface area contributed by atoms with Gasteiger partial charge >= 0.3 is 0 Å². The average Bonchev–Trinajstić information content (AvgIpc) is 2.18. The molecule has 86 valence electrons. The van der Waals surface area contributed by atoms with Gasteiger partial charge < -0.3 is 0 Å². The van der Waals surface area contributed by atoms with E-state index in [2.05, 4.69) is 13.2 Å². The van der Waals surface area contributed by atoms with Gasteiger partial charge in [0.1, 0.15) is 0 Å². The zero-order valence-electron chi connectivity index (χ0n) is 9.89. The fourth-order valence-electron chi connectivity index (χ4n) is 1.29. The fourth-order valence-corrected chi connectivity index (χ4v) is 3.35. The molecule has 0 aromatic carbocycles. The number of nitrogens with zero attached hydrogens (tertiary/aromatic N) is 2. The molecule has 4 heteroatoms. The summed E-state index contributed by atoms with van der Waals surface area (Å²) in [6.07, 6.45) is 5.32. The fraction of sp³-hybridized carbons (Fsp3) is 0.455. The Labute approximate surface area is 93.2 Å². The van der Waals surface area contributed by atoms with E-state index in [9.17, 15) is 4.57 Å². The van der Waals surface area contributed by atoms with Gasteiger partial charge in [0.15, 0.2) is 0 Å². The van der Waals surface area contributed by atoms with E-state index < -0.39 is 7.44 Å². The molecule has 0 saturated carbocycles. The third kappa shape index (κ3) is 3.78. The second kappa shape index (κ2) is 6.78. The molecule has 0 N–H and O–H groups in total. The molecule has 0 aliphatic carbocycles. The van der Waals surface area contributed by atoms with Crippen LogP contribution >= 0.6 is 7.44 Å². The van der Waals surface area contributed by atoms with Crippen molar-refractivity contribution in [1.29, 1.82) is 0 Å². The Balaban J connectivity index is 4.94. The molecule has 0 aromatic rings. The molecule has 15 heavy (non-hydrogen) atoms. The van der Waals surface area contributed by atoms with Crippen molar-refractivity contribution < 1.29 is 4.57 Å². The summed E-state index contributed by atoms with van der Waals surface area (Å²) in [5.41, 5.74) is 0. The Morgan fingerprint density at radius 2 is 1.53 bits per heavy atom. The standard InChI is InChI=1S/C11H21N2OP/c1-6-9-12(4)15(14,11-8-3)13(5)10-7-2/h6-8,11H,1-2,9-10H2,3-5H3/b11-8+. The lowest BCUT2D eigenvalue weighted by molar-refractivity contribution is 0.430. The Morgan fingerprint density at radius 1 is 1.13 bits per heavy atom. The van der Waals surface area contributed by atoms with Gasteiger partial charge in [0.05, 0.1) is 0 Å². The van der Waals surface area contributed by atoms with Crippen LogP contribution in [0.25, 0.3) is 0 Å². The highest BCUT2D eigenvalue weighted by Gasteiger charge is 2.27. The van der Waals surface area contributed by atoms with Crippen molar-refractivity contribution in [3.05, 3.63) is 37.2 Å². The number of likely N-dealkylation sites (N-methyl/N-ethyl adjacent to an activating group) is 2. The number of hydrogen-bond donors (Lipinski definition) is 0. The van der Waals surface area contributed by atoms with Crippen molar-refractivity contribution in [2.45, 2.75) is 6.92 Å². The minimum absolute atomic E-state index is 0.600. The number of allylic oxidation sites excluding steroid dienone is 1. The Morgan fingerprint density at radius 3 is 1.80 bits per heavy atom. The van der Waals surface area contributed by atoms with Gasteiger partial charge in [-0.15, -0.1) is 13.2 Å². The van der Waals surface area contributed by atoms with E-state index in [-0.39, 0.29) is 0 Å². The first-order valence-corrected chi connectivity index (χ1v) is 6.59. The topological polar surface area (TPSA) is 23.6 Å². The quantitative estimate of drug-likeness (QED) is 0.494. The highest BCUT2D eigenvalue weighted by molar-refractivity contribution is 7.62. The Kier molecular flexibility index (Phi) is 6.50. The molecule has 0 fully saturated rings. The molecule has 0 aromatic heterocycles. The molecule has 0 aliphatic rings. The second-order valence-corrected chi connectivity index (χ2v) is 6.17. The predicted octanol–water partition coefficient (Wildman–Crippen LogP) is 2.95. The summed E-state index contributed by atoms with van der Waals surface area (Å²) in [5.74, 6) is 1.75. The van der Waals surface area contributed by atoms with E-state index in [0.29, 0.717) is 13.1 Å². The Bertz CT molecular complexity index is 266. The summed E-state index contributed by atoms with van der Waals surface area (Å²) in [4.78, 5) is 0. The first-order valence-electron chi connectivity index (χ1n) is 4.91. The minimum Gasteiger partial charge on any atom is -0.284 e. The van der Waals surface area contributed by atoms with Crippen molar-refractivity contribution in [2.24, 2.45) is 0 Å². The van der Waals surface area contributed by atoms with Crippen LogP contribution in [-0.2, 0) is 4.57 Å². The van der Waals surface area contributed by atoms with Crippen LogP contribution in [-0.4, -0.2) is 36.5 Å². The van der Waals surface area contributed by atoms with Crippen LogP contribution in [0.4, 0.5) is 0 Å². The predicted molar refractivity (Wildman–Crippen MR) is 68.1 cm³/mol. The van der Waals surface area contributed by atoms with Gasteiger partial charge in [-0.1, -0.05) is 18.2 Å². The molecular formula is C11H21N2OP. The van der Waals surface area contributed by atoms with Crippen LogP contribution in [0.5, 0.6) is 0 Å². The monoisotopic (exact) mass is 228 g/mol. The van der Waals surface area contributed by atoms with Gasteiger partial charge in [0.2, 0.25) is 7.44 Å². The third-order valence-corrected chi connectivity index (χ3v) is 5.08. The van der Waals surface area contributed by atoms with E-state index in [0.717, 1.165) is 0 Å².